The summed E-state index contributed by atoms with van der Waals surface area (Å²) in [4.78, 5) is 21.3. The first-order valence-electron chi connectivity index (χ1n) is 9.23. The maximum absolute atomic E-state index is 12.2. The van der Waals surface area contributed by atoms with Crippen molar-refractivity contribution in [2.45, 2.75) is 19.4 Å². The number of benzene rings is 2. The molecule has 0 aliphatic heterocycles. The van der Waals surface area contributed by atoms with Crippen LogP contribution in [0.2, 0.25) is 0 Å². The monoisotopic (exact) mass is 437 g/mol. The van der Waals surface area contributed by atoms with Gasteiger partial charge in [0.25, 0.3) is 5.53 Å². The number of rotatable bonds is 9. The van der Waals surface area contributed by atoms with Crippen LogP contribution in [0.1, 0.15) is 19.4 Å². The Balaban J connectivity index is 2.03. The highest BCUT2D eigenvalue weighted by molar-refractivity contribution is 7.52. The lowest BCUT2D eigenvalue weighted by molar-refractivity contribution is -0.192. The summed E-state index contributed by atoms with van der Waals surface area (Å²) in [6.45, 7) is 3.39. The Morgan fingerprint density at radius 2 is 1.40 bits per heavy atom. The zero-order chi connectivity index (χ0) is 21.9. The average molecular weight is 437 g/mol. The standard InChI is InChI=1S/C19H24N3O7P/c1-5-28-19(29-6-2,30(23,24)25)13-7-9-14(10-8-13)22-20-15-11-17(26-3)18(27-4)12-16(15)21-22/h7-12H,5-6H2,1-4H3,(H2,23,24,25). The molecule has 0 amide bonds. The Bertz CT molecular complexity index is 1010. The Morgan fingerprint density at radius 3 is 1.77 bits per heavy atom. The molecule has 11 heteroatoms. The van der Waals surface area contributed by atoms with Gasteiger partial charge >= 0.3 is 7.60 Å². The smallest absolute Gasteiger partial charge is 0.389 e. The van der Waals surface area contributed by atoms with E-state index in [1.54, 1.807) is 38.1 Å². The van der Waals surface area contributed by atoms with Crippen LogP contribution in [0.25, 0.3) is 16.7 Å². The summed E-state index contributed by atoms with van der Waals surface area (Å²) in [5, 5.41) is 8.87. The summed E-state index contributed by atoms with van der Waals surface area (Å²) in [5.41, 5.74) is -0.184. The highest BCUT2D eigenvalue weighted by atomic mass is 31.2. The summed E-state index contributed by atoms with van der Waals surface area (Å²) in [5.74, 6) is 1.07. The molecule has 30 heavy (non-hydrogen) atoms. The van der Waals surface area contributed by atoms with Crippen LogP contribution < -0.4 is 9.47 Å². The second-order valence-electron chi connectivity index (χ2n) is 6.22. The first-order valence-corrected chi connectivity index (χ1v) is 10.8. The number of methoxy groups -OCH3 is 2. The Labute approximate surface area is 173 Å². The molecule has 2 aromatic carbocycles. The van der Waals surface area contributed by atoms with E-state index in [1.807, 2.05) is 0 Å². The zero-order valence-corrected chi connectivity index (χ0v) is 18.0. The van der Waals surface area contributed by atoms with Gasteiger partial charge in [-0.15, -0.1) is 10.2 Å². The number of aromatic nitrogens is 3. The molecule has 10 nitrogen and oxygen atoms in total. The van der Waals surface area contributed by atoms with E-state index in [0.717, 1.165) is 0 Å². The molecule has 0 saturated carbocycles. The SMILES string of the molecule is CCOC(OCC)(c1ccc(-n2nc3cc(OC)c(OC)cc3n2)cc1)P(=O)(O)O. The van der Waals surface area contributed by atoms with E-state index < -0.39 is 13.1 Å². The molecule has 0 saturated heterocycles. The van der Waals surface area contributed by atoms with Gasteiger partial charge in [0, 0.05) is 30.9 Å². The molecule has 2 N–H and O–H groups in total. The van der Waals surface area contributed by atoms with Crippen molar-refractivity contribution in [2.24, 2.45) is 0 Å². The minimum absolute atomic E-state index is 0.0582. The topological polar surface area (TPSA) is 125 Å². The summed E-state index contributed by atoms with van der Waals surface area (Å²) in [6.07, 6.45) is 0. The highest BCUT2D eigenvalue weighted by Crippen LogP contribution is 2.58. The molecule has 0 atom stereocenters. The minimum Gasteiger partial charge on any atom is -0.493 e. The lowest BCUT2D eigenvalue weighted by Gasteiger charge is -2.33. The fourth-order valence-corrected chi connectivity index (χ4v) is 4.18. The van der Waals surface area contributed by atoms with E-state index in [0.29, 0.717) is 28.2 Å². The second-order valence-corrected chi connectivity index (χ2v) is 7.90. The van der Waals surface area contributed by atoms with Gasteiger partial charge in [0.05, 0.1) is 19.9 Å². The van der Waals surface area contributed by atoms with Crippen molar-refractivity contribution in [1.29, 1.82) is 0 Å². The van der Waals surface area contributed by atoms with E-state index in [9.17, 15) is 14.4 Å². The predicted octanol–water partition coefficient (Wildman–Crippen LogP) is 2.80. The Morgan fingerprint density at radius 1 is 0.933 bits per heavy atom. The van der Waals surface area contributed by atoms with Crippen LogP contribution in [0.3, 0.4) is 0 Å². The largest absolute Gasteiger partial charge is 0.493 e. The van der Waals surface area contributed by atoms with Crippen molar-refractivity contribution in [1.82, 2.24) is 15.0 Å². The van der Waals surface area contributed by atoms with Gasteiger partial charge in [-0.25, -0.2) is 0 Å². The highest BCUT2D eigenvalue weighted by Gasteiger charge is 2.51. The summed E-state index contributed by atoms with van der Waals surface area (Å²) >= 11 is 0. The molecule has 1 heterocycles. The summed E-state index contributed by atoms with van der Waals surface area (Å²) < 4.78 is 33.6. The molecule has 0 bridgehead atoms. The molecule has 0 radical (unpaired) electrons. The molecule has 0 unspecified atom stereocenters. The van der Waals surface area contributed by atoms with E-state index in [4.69, 9.17) is 18.9 Å². The van der Waals surface area contributed by atoms with Crippen LogP contribution in [-0.2, 0) is 19.6 Å². The van der Waals surface area contributed by atoms with Crippen LogP contribution in [0.5, 0.6) is 11.5 Å². The molecule has 1 aromatic heterocycles. The maximum atomic E-state index is 12.2. The fraction of sp³-hybridized carbons (Fsp3) is 0.368. The zero-order valence-electron chi connectivity index (χ0n) is 17.1. The van der Waals surface area contributed by atoms with Crippen molar-refractivity contribution in [3.05, 3.63) is 42.0 Å². The third kappa shape index (κ3) is 3.92. The molecule has 162 valence electrons. The van der Waals surface area contributed by atoms with Crippen molar-refractivity contribution < 1.29 is 33.3 Å². The Hall–Kier alpha value is -2.49. The van der Waals surface area contributed by atoms with E-state index in [1.165, 1.54) is 31.1 Å². The normalized spacial score (nSPS) is 12.3. The minimum atomic E-state index is -4.80. The van der Waals surface area contributed by atoms with Gasteiger partial charge in [0.15, 0.2) is 11.5 Å². The van der Waals surface area contributed by atoms with Crippen molar-refractivity contribution in [3.8, 4) is 17.2 Å². The second kappa shape index (κ2) is 8.71. The van der Waals surface area contributed by atoms with Crippen LogP contribution in [0.15, 0.2) is 36.4 Å². The van der Waals surface area contributed by atoms with Gasteiger partial charge in [0.1, 0.15) is 11.0 Å². The molecule has 3 aromatic rings. The van der Waals surface area contributed by atoms with Crippen molar-refractivity contribution >= 4 is 18.6 Å². The number of nitrogens with zero attached hydrogens (tertiary/aromatic N) is 3. The average Bonchev–Trinajstić information content (AvgIpc) is 3.14. The summed E-state index contributed by atoms with van der Waals surface area (Å²) in [7, 11) is -1.72. The number of fused-ring (bicyclic) bond motifs is 1. The predicted molar refractivity (Wildman–Crippen MR) is 109 cm³/mol. The van der Waals surface area contributed by atoms with Gasteiger partial charge in [0.2, 0.25) is 0 Å². The van der Waals surface area contributed by atoms with E-state index >= 15 is 0 Å². The quantitative estimate of drug-likeness (QED) is 0.384. The van der Waals surface area contributed by atoms with Gasteiger partial charge < -0.3 is 28.7 Å². The van der Waals surface area contributed by atoms with Crippen molar-refractivity contribution in [3.63, 3.8) is 0 Å². The number of ether oxygens (including phenoxy) is 4. The summed E-state index contributed by atoms with van der Waals surface area (Å²) in [6, 6.07) is 9.74. The molecular weight excluding hydrogens is 413 g/mol. The van der Waals surface area contributed by atoms with Gasteiger partial charge in [-0.05, 0) is 26.0 Å². The van der Waals surface area contributed by atoms with E-state index in [-0.39, 0.29) is 18.8 Å². The van der Waals surface area contributed by atoms with Crippen LogP contribution in [0, 0.1) is 0 Å². The number of hydrogen-bond acceptors (Lipinski definition) is 7. The first kappa shape index (κ1) is 22.2. The lowest BCUT2D eigenvalue weighted by atomic mass is 10.2. The van der Waals surface area contributed by atoms with Crippen LogP contribution >= 0.6 is 7.60 Å². The van der Waals surface area contributed by atoms with Crippen LogP contribution in [-0.4, -0.2) is 52.2 Å². The number of hydrogen-bond donors (Lipinski definition) is 2. The third-order valence-electron chi connectivity index (χ3n) is 4.41. The van der Waals surface area contributed by atoms with Crippen molar-refractivity contribution in [2.75, 3.05) is 27.4 Å². The molecule has 0 aliphatic rings. The van der Waals surface area contributed by atoms with Gasteiger partial charge in [-0.2, -0.15) is 4.80 Å². The van der Waals surface area contributed by atoms with Gasteiger partial charge in [-0.1, -0.05) is 12.1 Å². The van der Waals surface area contributed by atoms with Gasteiger partial charge in [-0.3, -0.25) is 4.57 Å². The van der Waals surface area contributed by atoms with Crippen LogP contribution in [0.4, 0.5) is 0 Å². The molecule has 0 fully saturated rings. The fourth-order valence-electron chi connectivity index (χ4n) is 3.10. The molecular formula is C19H24N3O7P. The van der Waals surface area contributed by atoms with E-state index in [2.05, 4.69) is 10.2 Å². The first-order chi connectivity index (χ1) is 14.3. The maximum Gasteiger partial charge on any atom is 0.389 e. The lowest BCUT2D eigenvalue weighted by Crippen LogP contribution is -2.33. The molecule has 0 spiro atoms. The molecule has 3 rings (SSSR count). The Kier molecular flexibility index (Phi) is 6.44. The molecule has 0 aliphatic carbocycles. The third-order valence-corrected chi connectivity index (χ3v) is 5.70.